The van der Waals surface area contributed by atoms with Crippen LogP contribution in [0.4, 0.5) is 4.39 Å². The van der Waals surface area contributed by atoms with Crippen molar-refractivity contribution < 1.29 is 19.1 Å². The van der Waals surface area contributed by atoms with E-state index in [9.17, 15) is 19.1 Å². The average molecular weight is 248 g/mol. The number of hydrogen-bond donors (Lipinski definition) is 1. The maximum absolute atomic E-state index is 13.1. The zero-order chi connectivity index (χ0) is 13.7. The summed E-state index contributed by atoms with van der Waals surface area (Å²) in [7, 11) is 0. The summed E-state index contributed by atoms with van der Waals surface area (Å²) in [6.45, 7) is 4.98. The van der Waals surface area contributed by atoms with Gasteiger partial charge in [-0.05, 0) is 18.2 Å². The molecule has 0 radical (unpaired) electrons. The minimum absolute atomic E-state index is 0.0904. The van der Waals surface area contributed by atoms with Crippen molar-refractivity contribution in [3.05, 3.63) is 40.7 Å². The number of aliphatic hydroxyl groups is 1. The van der Waals surface area contributed by atoms with Crippen molar-refractivity contribution in [3.63, 3.8) is 0 Å². The lowest BCUT2D eigenvalue weighted by Gasteiger charge is -2.16. The van der Waals surface area contributed by atoms with Gasteiger partial charge in [0, 0.05) is 16.5 Å². The van der Waals surface area contributed by atoms with Crippen LogP contribution in [0, 0.1) is 11.2 Å². The third kappa shape index (κ3) is 1.74. The number of hydrogen-bond acceptors (Lipinski definition) is 3. The molecule has 1 aromatic carbocycles. The van der Waals surface area contributed by atoms with Crippen LogP contribution in [0.3, 0.4) is 0 Å². The molecule has 0 aliphatic heterocycles. The molecule has 0 bridgehead atoms. The third-order valence-corrected chi connectivity index (χ3v) is 2.85. The largest absolute Gasteiger partial charge is 0.506 e. The molecule has 2 rings (SSSR count). The fourth-order valence-electron chi connectivity index (χ4n) is 1.87. The van der Waals surface area contributed by atoms with Crippen LogP contribution in [-0.4, -0.2) is 16.7 Å². The van der Waals surface area contributed by atoms with Gasteiger partial charge in [0.25, 0.3) is 0 Å². The predicted molar refractivity (Wildman–Crippen MR) is 64.7 cm³/mol. The standard InChI is InChI=1S/C14H13FO3/c1-14(2,3)13(18)10-11(16)8-5-4-7(15)6-9(8)12(10)17/h4-6,17H,1-3H3. The van der Waals surface area contributed by atoms with E-state index in [0.717, 1.165) is 12.1 Å². The van der Waals surface area contributed by atoms with Crippen molar-refractivity contribution >= 4 is 17.3 Å². The fourth-order valence-corrected chi connectivity index (χ4v) is 1.87. The van der Waals surface area contributed by atoms with Gasteiger partial charge in [-0.3, -0.25) is 9.59 Å². The van der Waals surface area contributed by atoms with Gasteiger partial charge in [-0.15, -0.1) is 0 Å². The number of aliphatic hydroxyl groups excluding tert-OH is 1. The monoisotopic (exact) mass is 248 g/mol. The van der Waals surface area contributed by atoms with E-state index in [2.05, 4.69) is 0 Å². The molecular weight excluding hydrogens is 235 g/mol. The summed E-state index contributed by atoms with van der Waals surface area (Å²) >= 11 is 0. The fraction of sp³-hybridized carbons (Fsp3) is 0.286. The number of carbonyl (C=O) groups excluding carboxylic acids is 2. The molecule has 0 spiro atoms. The van der Waals surface area contributed by atoms with Crippen LogP contribution in [0.5, 0.6) is 0 Å². The van der Waals surface area contributed by atoms with E-state index in [1.807, 2.05) is 0 Å². The molecule has 0 aromatic heterocycles. The second kappa shape index (κ2) is 3.77. The highest BCUT2D eigenvalue weighted by Crippen LogP contribution is 2.35. The van der Waals surface area contributed by atoms with Gasteiger partial charge in [0.2, 0.25) is 5.78 Å². The van der Waals surface area contributed by atoms with Crippen LogP contribution in [0.25, 0.3) is 5.76 Å². The molecule has 1 aliphatic carbocycles. The highest BCUT2D eigenvalue weighted by molar-refractivity contribution is 6.35. The number of ketones is 2. The Labute approximate surface area is 104 Å². The van der Waals surface area contributed by atoms with Gasteiger partial charge >= 0.3 is 0 Å². The number of carbonyl (C=O) groups is 2. The van der Waals surface area contributed by atoms with Crippen molar-refractivity contribution in [2.24, 2.45) is 5.41 Å². The molecule has 0 heterocycles. The summed E-state index contributed by atoms with van der Waals surface area (Å²) in [4.78, 5) is 24.2. The number of fused-ring (bicyclic) bond motifs is 1. The maximum Gasteiger partial charge on any atom is 0.201 e. The normalized spacial score (nSPS) is 15.0. The van der Waals surface area contributed by atoms with Crippen LogP contribution in [0.15, 0.2) is 23.8 Å². The van der Waals surface area contributed by atoms with Crippen LogP contribution in [0.1, 0.15) is 36.7 Å². The Morgan fingerprint density at radius 1 is 1.22 bits per heavy atom. The van der Waals surface area contributed by atoms with E-state index in [1.54, 1.807) is 20.8 Å². The van der Waals surface area contributed by atoms with Crippen LogP contribution in [0.2, 0.25) is 0 Å². The highest BCUT2D eigenvalue weighted by atomic mass is 19.1. The second-order valence-corrected chi connectivity index (χ2v) is 5.32. The molecule has 94 valence electrons. The first-order valence-corrected chi connectivity index (χ1v) is 5.56. The molecule has 18 heavy (non-hydrogen) atoms. The summed E-state index contributed by atoms with van der Waals surface area (Å²) in [5.41, 5.74) is -0.767. The summed E-state index contributed by atoms with van der Waals surface area (Å²) in [5.74, 6) is -1.96. The van der Waals surface area contributed by atoms with Crippen molar-refractivity contribution in [1.29, 1.82) is 0 Å². The summed E-state index contributed by atoms with van der Waals surface area (Å²) in [6.07, 6.45) is 0. The Balaban J connectivity index is 2.60. The van der Waals surface area contributed by atoms with Crippen molar-refractivity contribution in [2.75, 3.05) is 0 Å². The number of rotatable bonds is 1. The van der Waals surface area contributed by atoms with Crippen molar-refractivity contribution in [2.45, 2.75) is 20.8 Å². The summed E-state index contributed by atoms with van der Waals surface area (Å²) in [6, 6.07) is 3.48. The number of halogens is 1. The van der Waals surface area contributed by atoms with Gasteiger partial charge in [0.05, 0.1) is 0 Å². The smallest absolute Gasteiger partial charge is 0.201 e. The van der Waals surface area contributed by atoms with Crippen LogP contribution >= 0.6 is 0 Å². The Bertz CT molecular complexity index is 592. The molecule has 0 saturated carbocycles. The molecule has 0 amide bonds. The lowest BCUT2D eigenvalue weighted by atomic mass is 9.85. The van der Waals surface area contributed by atoms with Gasteiger partial charge in [0.15, 0.2) is 5.78 Å². The molecule has 0 unspecified atom stereocenters. The third-order valence-electron chi connectivity index (χ3n) is 2.85. The van der Waals surface area contributed by atoms with E-state index >= 15 is 0 Å². The van der Waals surface area contributed by atoms with Gasteiger partial charge in [-0.25, -0.2) is 4.39 Å². The second-order valence-electron chi connectivity index (χ2n) is 5.32. The van der Waals surface area contributed by atoms with E-state index in [-0.39, 0.29) is 16.7 Å². The Kier molecular flexibility index (Phi) is 2.61. The zero-order valence-corrected chi connectivity index (χ0v) is 10.4. The molecule has 0 fully saturated rings. The molecule has 4 heteroatoms. The minimum atomic E-state index is -0.778. The molecular formula is C14H13FO3. The Morgan fingerprint density at radius 3 is 2.39 bits per heavy atom. The minimum Gasteiger partial charge on any atom is -0.506 e. The zero-order valence-electron chi connectivity index (χ0n) is 10.4. The molecule has 0 saturated heterocycles. The highest BCUT2D eigenvalue weighted by Gasteiger charge is 2.38. The summed E-state index contributed by atoms with van der Waals surface area (Å²) < 4.78 is 13.1. The number of Topliss-reactive ketones (excluding diaryl/α,β-unsaturated/α-hetero) is 2. The first-order valence-electron chi connectivity index (χ1n) is 5.56. The van der Waals surface area contributed by atoms with E-state index in [4.69, 9.17) is 0 Å². The number of benzene rings is 1. The molecule has 1 aromatic rings. The van der Waals surface area contributed by atoms with Crippen molar-refractivity contribution in [1.82, 2.24) is 0 Å². The van der Waals surface area contributed by atoms with E-state index in [0.29, 0.717) is 0 Å². The van der Waals surface area contributed by atoms with E-state index < -0.39 is 28.6 Å². The Morgan fingerprint density at radius 2 is 1.83 bits per heavy atom. The van der Waals surface area contributed by atoms with Crippen LogP contribution < -0.4 is 0 Å². The first-order chi connectivity index (χ1) is 8.23. The van der Waals surface area contributed by atoms with Crippen LogP contribution in [-0.2, 0) is 4.79 Å². The molecule has 0 atom stereocenters. The summed E-state index contributed by atoms with van der Waals surface area (Å²) in [5, 5.41) is 9.94. The Hall–Kier alpha value is -1.97. The SMILES string of the molecule is CC(C)(C)C(=O)C1=C(O)c2cc(F)ccc2C1=O. The average Bonchev–Trinajstić information content (AvgIpc) is 2.49. The lowest BCUT2D eigenvalue weighted by Crippen LogP contribution is -2.25. The lowest BCUT2D eigenvalue weighted by molar-refractivity contribution is -0.122. The van der Waals surface area contributed by atoms with Crippen molar-refractivity contribution in [3.8, 4) is 0 Å². The van der Waals surface area contributed by atoms with Gasteiger partial charge in [-0.1, -0.05) is 20.8 Å². The molecule has 3 nitrogen and oxygen atoms in total. The van der Waals surface area contributed by atoms with Gasteiger partial charge in [-0.2, -0.15) is 0 Å². The topological polar surface area (TPSA) is 54.4 Å². The first kappa shape index (κ1) is 12.5. The molecule has 1 aliphatic rings. The maximum atomic E-state index is 13.1. The predicted octanol–water partition coefficient (Wildman–Crippen LogP) is 2.91. The van der Waals surface area contributed by atoms with Gasteiger partial charge in [0.1, 0.15) is 17.1 Å². The number of allylic oxidation sites excluding steroid dienone is 1. The van der Waals surface area contributed by atoms with E-state index in [1.165, 1.54) is 6.07 Å². The van der Waals surface area contributed by atoms with Gasteiger partial charge < -0.3 is 5.11 Å². The quantitative estimate of drug-likeness (QED) is 0.777. The molecule has 1 N–H and O–H groups in total.